The molecule has 1 aromatic heterocycles. The van der Waals surface area contributed by atoms with Gasteiger partial charge in [-0.05, 0) is 73.1 Å². The predicted octanol–water partition coefficient (Wildman–Crippen LogP) is 4.72. The number of hydrogen-bond donors (Lipinski definition) is 0. The number of nitrogens with zero attached hydrogens (tertiary/aromatic N) is 2. The van der Waals surface area contributed by atoms with E-state index < -0.39 is 5.60 Å². The van der Waals surface area contributed by atoms with E-state index in [1.165, 1.54) is 11.3 Å². The third-order valence-electron chi connectivity index (χ3n) is 5.52. The summed E-state index contributed by atoms with van der Waals surface area (Å²) in [5.41, 5.74) is -0.628. The minimum atomic E-state index is -0.493. The standard InChI is InChI=1S/C21H32N2O5S/c1-6-26-18(24)16-17(22-14(2)29-16)27-15-8-11-21(12-9-15)10-7-13-23(21)19(25)28-20(3,4)5/h15H,6-13H2,1-5H3. The summed E-state index contributed by atoms with van der Waals surface area (Å²) >= 11 is 1.30. The molecule has 1 aliphatic heterocycles. The van der Waals surface area contributed by atoms with Crippen LogP contribution in [0, 0.1) is 6.92 Å². The lowest BCUT2D eigenvalue weighted by molar-refractivity contribution is -0.00938. The van der Waals surface area contributed by atoms with Gasteiger partial charge in [0.1, 0.15) is 11.7 Å². The number of rotatable bonds is 4. The highest BCUT2D eigenvalue weighted by Crippen LogP contribution is 2.43. The Kier molecular flexibility index (Phi) is 6.41. The van der Waals surface area contributed by atoms with Crippen molar-refractivity contribution in [2.75, 3.05) is 13.2 Å². The van der Waals surface area contributed by atoms with Gasteiger partial charge in [-0.3, -0.25) is 0 Å². The van der Waals surface area contributed by atoms with Crippen LogP contribution in [0.3, 0.4) is 0 Å². The van der Waals surface area contributed by atoms with Crippen molar-refractivity contribution in [2.45, 2.75) is 90.4 Å². The molecule has 2 aliphatic rings. The molecule has 1 spiro atoms. The zero-order chi connectivity index (χ0) is 21.2. The monoisotopic (exact) mass is 424 g/mol. The Hall–Kier alpha value is -1.83. The maximum atomic E-state index is 12.7. The van der Waals surface area contributed by atoms with E-state index in [1.54, 1.807) is 6.92 Å². The molecule has 0 radical (unpaired) electrons. The highest BCUT2D eigenvalue weighted by molar-refractivity contribution is 7.13. The SMILES string of the molecule is CCOC(=O)c1sc(C)nc1OC1CCC2(CCCN2C(=O)OC(C)(C)C)CC1. The molecule has 1 aliphatic carbocycles. The minimum Gasteiger partial charge on any atom is -0.473 e. The van der Waals surface area contributed by atoms with Gasteiger partial charge in [0.2, 0.25) is 5.88 Å². The van der Waals surface area contributed by atoms with Crippen molar-refractivity contribution < 1.29 is 23.8 Å². The van der Waals surface area contributed by atoms with Gasteiger partial charge in [-0.25, -0.2) is 14.6 Å². The Labute approximate surface area is 176 Å². The number of aromatic nitrogens is 1. The molecule has 2 fully saturated rings. The first-order chi connectivity index (χ1) is 13.6. The molecule has 0 unspecified atom stereocenters. The highest BCUT2D eigenvalue weighted by atomic mass is 32.1. The maximum absolute atomic E-state index is 12.7. The molecule has 1 aromatic rings. The van der Waals surface area contributed by atoms with Crippen molar-refractivity contribution in [3.63, 3.8) is 0 Å². The molecule has 8 heteroatoms. The second kappa shape index (κ2) is 8.50. The van der Waals surface area contributed by atoms with Crippen LogP contribution in [0.25, 0.3) is 0 Å². The second-order valence-electron chi connectivity index (χ2n) is 8.86. The van der Waals surface area contributed by atoms with Crippen molar-refractivity contribution in [1.29, 1.82) is 0 Å². The van der Waals surface area contributed by atoms with Gasteiger partial charge < -0.3 is 19.1 Å². The minimum absolute atomic E-state index is 0.0172. The van der Waals surface area contributed by atoms with Crippen molar-refractivity contribution in [1.82, 2.24) is 9.88 Å². The zero-order valence-electron chi connectivity index (χ0n) is 18.1. The van der Waals surface area contributed by atoms with Gasteiger partial charge in [-0.1, -0.05) is 0 Å². The van der Waals surface area contributed by atoms with E-state index in [-0.39, 0.29) is 23.7 Å². The van der Waals surface area contributed by atoms with Crippen molar-refractivity contribution >= 4 is 23.4 Å². The normalized spacial score (nSPS) is 24.6. The van der Waals surface area contributed by atoms with Crippen molar-refractivity contribution in [3.8, 4) is 5.88 Å². The van der Waals surface area contributed by atoms with E-state index in [2.05, 4.69) is 4.98 Å². The van der Waals surface area contributed by atoms with Gasteiger partial charge in [-0.15, -0.1) is 11.3 Å². The quantitative estimate of drug-likeness (QED) is 0.651. The fraction of sp³-hybridized carbons (Fsp3) is 0.762. The molecular weight excluding hydrogens is 392 g/mol. The number of carbonyl (C=O) groups excluding carboxylic acids is 2. The topological polar surface area (TPSA) is 78.0 Å². The molecule has 0 N–H and O–H groups in total. The molecule has 1 amide bonds. The summed E-state index contributed by atoms with van der Waals surface area (Å²) in [6, 6.07) is 0. The van der Waals surface area contributed by atoms with Gasteiger partial charge in [0, 0.05) is 12.1 Å². The molecule has 2 heterocycles. The van der Waals surface area contributed by atoms with Gasteiger partial charge >= 0.3 is 12.1 Å². The predicted molar refractivity (Wildman–Crippen MR) is 111 cm³/mol. The largest absolute Gasteiger partial charge is 0.473 e. The van der Waals surface area contributed by atoms with E-state index in [1.807, 2.05) is 32.6 Å². The first-order valence-electron chi connectivity index (χ1n) is 10.5. The number of aryl methyl sites for hydroxylation is 1. The van der Waals surface area contributed by atoms with Gasteiger partial charge in [-0.2, -0.15) is 0 Å². The van der Waals surface area contributed by atoms with Crippen LogP contribution in [0.15, 0.2) is 0 Å². The number of esters is 1. The Balaban J connectivity index is 1.63. The number of thiazole rings is 1. The smallest absolute Gasteiger partial charge is 0.410 e. The maximum Gasteiger partial charge on any atom is 0.410 e. The molecule has 0 bridgehead atoms. The molecule has 1 saturated heterocycles. The first kappa shape index (κ1) is 21.9. The summed E-state index contributed by atoms with van der Waals surface area (Å²) in [5, 5.41) is 0.780. The van der Waals surface area contributed by atoms with E-state index in [9.17, 15) is 9.59 Å². The third-order valence-corrected chi connectivity index (χ3v) is 6.45. The molecule has 0 atom stereocenters. The number of ether oxygens (including phenoxy) is 3. The lowest BCUT2D eigenvalue weighted by atomic mass is 9.78. The summed E-state index contributed by atoms with van der Waals surface area (Å²) in [5.74, 6) is -0.00501. The summed E-state index contributed by atoms with van der Waals surface area (Å²) in [6.45, 7) is 10.4. The van der Waals surface area contributed by atoms with Crippen LogP contribution < -0.4 is 4.74 Å². The molecule has 1 saturated carbocycles. The van der Waals surface area contributed by atoms with E-state index in [4.69, 9.17) is 14.2 Å². The number of amides is 1. The van der Waals surface area contributed by atoms with Crippen LogP contribution in [-0.2, 0) is 9.47 Å². The summed E-state index contributed by atoms with van der Waals surface area (Å²) in [6.07, 6.45) is 5.15. The van der Waals surface area contributed by atoms with Crippen LogP contribution in [0.1, 0.15) is 80.9 Å². The lowest BCUT2D eigenvalue weighted by Gasteiger charge is -2.43. The number of hydrogen-bond acceptors (Lipinski definition) is 7. The number of carbonyl (C=O) groups is 2. The Bertz CT molecular complexity index is 747. The zero-order valence-corrected chi connectivity index (χ0v) is 18.9. The Morgan fingerprint density at radius 1 is 1.24 bits per heavy atom. The Morgan fingerprint density at radius 2 is 1.93 bits per heavy atom. The number of likely N-dealkylation sites (tertiary alicyclic amines) is 1. The Morgan fingerprint density at radius 3 is 2.55 bits per heavy atom. The van der Waals surface area contributed by atoms with Gasteiger partial charge in [0.05, 0.1) is 11.6 Å². The molecule has 7 nitrogen and oxygen atoms in total. The second-order valence-corrected chi connectivity index (χ2v) is 10.1. The van der Waals surface area contributed by atoms with Crippen molar-refractivity contribution in [3.05, 3.63) is 9.88 Å². The average molecular weight is 425 g/mol. The van der Waals surface area contributed by atoms with Crippen LogP contribution in [0.4, 0.5) is 4.79 Å². The molecule has 3 rings (SSSR count). The van der Waals surface area contributed by atoms with E-state index in [0.29, 0.717) is 17.4 Å². The molecule has 29 heavy (non-hydrogen) atoms. The van der Waals surface area contributed by atoms with Crippen molar-refractivity contribution in [2.24, 2.45) is 0 Å². The lowest BCUT2D eigenvalue weighted by Crippen LogP contribution is -2.52. The molecule has 162 valence electrons. The van der Waals surface area contributed by atoms with E-state index in [0.717, 1.165) is 50.1 Å². The van der Waals surface area contributed by atoms with Crippen LogP contribution in [0.5, 0.6) is 5.88 Å². The van der Waals surface area contributed by atoms with E-state index >= 15 is 0 Å². The third kappa shape index (κ3) is 5.02. The first-order valence-corrected chi connectivity index (χ1v) is 11.3. The summed E-state index contributed by atoms with van der Waals surface area (Å²) in [7, 11) is 0. The van der Waals surface area contributed by atoms with Gasteiger partial charge in [0.15, 0.2) is 4.88 Å². The molecular formula is C21H32N2O5S. The summed E-state index contributed by atoms with van der Waals surface area (Å²) in [4.78, 5) is 31.6. The average Bonchev–Trinajstić information content (AvgIpc) is 3.19. The molecule has 0 aromatic carbocycles. The van der Waals surface area contributed by atoms with Crippen LogP contribution in [0.2, 0.25) is 0 Å². The van der Waals surface area contributed by atoms with Crippen LogP contribution >= 0.6 is 11.3 Å². The van der Waals surface area contributed by atoms with Crippen LogP contribution in [-0.4, -0.2) is 52.3 Å². The highest BCUT2D eigenvalue weighted by Gasteiger charge is 2.47. The fourth-order valence-corrected chi connectivity index (χ4v) is 5.03. The van der Waals surface area contributed by atoms with Gasteiger partial charge in [0.25, 0.3) is 0 Å². The summed E-state index contributed by atoms with van der Waals surface area (Å²) < 4.78 is 16.9. The fourth-order valence-electron chi connectivity index (χ4n) is 4.28.